The molecule has 1 saturated heterocycles. The van der Waals surface area contributed by atoms with Crippen LogP contribution in [-0.4, -0.2) is 43.8 Å². The molecule has 1 fully saturated rings. The van der Waals surface area contributed by atoms with E-state index in [9.17, 15) is 0 Å². The molecule has 90 valence electrons. The van der Waals surface area contributed by atoms with Crippen LogP contribution in [0.3, 0.4) is 0 Å². The first-order valence-corrected chi connectivity index (χ1v) is 6.28. The van der Waals surface area contributed by atoms with E-state index in [0.29, 0.717) is 12.1 Å². The number of nitrogens with zero attached hydrogens (tertiary/aromatic N) is 1. The van der Waals surface area contributed by atoms with Crippen LogP contribution in [0.5, 0.6) is 0 Å². The number of rotatable bonds is 6. The van der Waals surface area contributed by atoms with Crippen molar-refractivity contribution in [3.8, 4) is 0 Å². The highest BCUT2D eigenvalue weighted by Crippen LogP contribution is 2.23. The Morgan fingerprint density at radius 1 is 1.47 bits per heavy atom. The number of methoxy groups -OCH3 is 1. The molecule has 0 amide bonds. The highest BCUT2D eigenvalue weighted by atomic mass is 16.5. The Kier molecular flexibility index (Phi) is 6.22. The topological polar surface area (TPSA) is 38.5 Å². The molecule has 1 rings (SSSR count). The van der Waals surface area contributed by atoms with Gasteiger partial charge in [0.1, 0.15) is 0 Å². The van der Waals surface area contributed by atoms with Crippen LogP contribution >= 0.6 is 0 Å². The average molecular weight is 214 g/mol. The summed E-state index contributed by atoms with van der Waals surface area (Å²) in [5.74, 6) is 0. The van der Waals surface area contributed by atoms with Gasteiger partial charge in [-0.15, -0.1) is 0 Å². The third kappa shape index (κ3) is 3.74. The van der Waals surface area contributed by atoms with Crippen molar-refractivity contribution in [3.63, 3.8) is 0 Å². The van der Waals surface area contributed by atoms with Gasteiger partial charge in [-0.1, -0.05) is 13.3 Å². The number of hydrogen-bond donors (Lipinski definition) is 1. The van der Waals surface area contributed by atoms with Crippen molar-refractivity contribution < 1.29 is 4.74 Å². The Bertz CT molecular complexity index is 153. The average Bonchev–Trinajstić information content (AvgIpc) is 2.27. The Morgan fingerprint density at radius 3 is 2.87 bits per heavy atom. The van der Waals surface area contributed by atoms with Gasteiger partial charge in [-0.3, -0.25) is 4.90 Å². The van der Waals surface area contributed by atoms with E-state index in [1.54, 1.807) is 7.11 Å². The standard InChI is InChI=1S/C12H26N2O/c1-3-11(10-15-2)14-9-5-4-6-12(14)7-8-13/h11-12H,3-10,13H2,1-2H3. The van der Waals surface area contributed by atoms with E-state index in [1.165, 1.54) is 32.2 Å². The maximum atomic E-state index is 5.68. The van der Waals surface area contributed by atoms with Crippen molar-refractivity contribution in [3.05, 3.63) is 0 Å². The molecule has 0 radical (unpaired) electrons. The van der Waals surface area contributed by atoms with Crippen LogP contribution in [0.2, 0.25) is 0 Å². The first kappa shape index (κ1) is 12.9. The van der Waals surface area contributed by atoms with Gasteiger partial charge in [0.2, 0.25) is 0 Å². The lowest BCUT2D eigenvalue weighted by molar-refractivity contribution is 0.0361. The van der Waals surface area contributed by atoms with Crippen LogP contribution in [0.15, 0.2) is 0 Å². The molecular weight excluding hydrogens is 188 g/mol. The normalized spacial score (nSPS) is 25.4. The van der Waals surface area contributed by atoms with E-state index in [2.05, 4.69) is 11.8 Å². The third-order valence-electron chi connectivity index (χ3n) is 3.47. The van der Waals surface area contributed by atoms with E-state index in [4.69, 9.17) is 10.5 Å². The Hall–Kier alpha value is -0.120. The van der Waals surface area contributed by atoms with Gasteiger partial charge in [0.25, 0.3) is 0 Å². The van der Waals surface area contributed by atoms with Crippen LogP contribution in [0.25, 0.3) is 0 Å². The smallest absolute Gasteiger partial charge is 0.0618 e. The molecule has 3 heteroatoms. The number of piperidine rings is 1. The van der Waals surface area contributed by atoms with Crippen molar-refractivity contribution in [2.45, 2.75) is 51.1 Å². The summed E-state index contributed by atoms with van der Waals surface area (Å²) >= 11 is 0. The molecule has 0 aliphatic carbocycles. The molecule has 0 bridgehead atoms. The van der Waals surface area contributed by atoms with Crippen molar-refractivity contribution in [1.29, 1.82) is 0 Å². The van der Waals surface area contributed by atoms with Gasteiger partial charge in [-0.2, -0.15) is 0 Å². The molecule has 0 aromatic rings. The first-order valence-electron chi connectivity index (χ1n) is 6.28. The molecule has 15 heavy (non-hydrogen) atoms. The largest absolute Gasteiger partial charge is 0.383 e. The minimum Gasteiger partial charge on any atom is -0.383 e. The number of nitrogens with two attached hydrogens (primary N) is 1. The Morgan fingerprint density at radius 2 is 2.27 bits per heavy atom. The molecular formula is C12H26N2O. The molecule has 2 unspecified atom stereocenters. The number of hydrogen-bond acceptors (Lipinski definition) is 3. The zero-order chi connectivity index (χ0) is 11.1. The highest BCUT2D eigenvalue weighted by Gasteiger charge is 2.27. The van der Waals surface area contributed by atoms with E-state index in [-0.39, 0.29) is 0 Å². The highest BCUT2D eigenvalue weighted by molar-refractivity contribution is 4.82. The van der Waals surface area contributed by atoms with Gasteiger partial charge in [0.15, 0.2) is 0 Å². The summed E-state index contributed by atoms with van der Waals surface area (Å²) < 4.78 is 5.30. The summed E-state index contributed by atoms with van der Waals surface area (Å²) in [6.45, 7) is 5.15. The summed E-state index contributed by atoms with van der Waals surface area (Å²) in [6, 6.07) is 1.29. The number of likely N-dealkylation sites (tertiary alicyclic amines) is 1. The maximum absolute atomic E-state index is 5.68. The quantitative estimate of drug-likeness (QED) is 0.730. The van der Waals surface area contributed by atoms with E-state index in [0.717, 1.165) is 19.6 Å². The van der Waals surface area contributed by atoms with Crippen molar-refractivity contribution in [1.82, 2.24) is 4.90 Å². The molecule has 0 spiro atoms. The van der Waals surface area contributed by atoms with Gasteiger partial charge in [-0.25, -0.2) is 0 Å². The van der Waals surface area contributed by atoms with Crippen LogP contribution < -0.4 is 5.73 Å². The van der Waals surface area contributed by atoms with Crippen LogP contribution in [-0.2, 0) is 4.74 Å². The second kappa shape index (κ2) is 7.20. The first-order chi connectivity index (χ1) is 7.33. The van der Waals surface area contributed by atoms with Crippen LogP contribution in [0, 0.1) is 0 Å². The summed E-state index contributed by atoms with van der Waals surface area (Å²) in [5, 5.41) is 0. The Balaban J connectivity index is 2.52. The van der Waals surface area contributed by atoms with Crippen LogP contribution in [0.1, 0.15) is 39.0 Å². The molecule has 2 atom stereocenters. The maximum Gasteiger partial charge on any atom is 0.0618 e. The van der Waals surface area contributed by atoms with E-state index in [1.807, 2.05) is 0 Å². The molecule has 0 aromatic carbocycles. The number of ether oxygens (including phenoxy) is 1. The van der Waals surface area contributed by atoms with E-state index >= 15 is 0 Å². The monoisotopic (exact) mass is 214 g/mol. The fourth-order valence-corrected chi connectivity index (χ4v) is 2.65. The van der Waals surface area contributed by atoms with Crippen molar-refractivity contribution in [2.75, 3.05) is 26.8 Å². The van der Waals surface area contributed by atoms with Crippen LogP contribution in [0.4, 0.5) is 0 Å². The third-order valence-corrected chi connectivity index (χ3v) is 3.47. The molecule has 1 heterocycles. The lowest BCUT2D eigenvalue weighted by Crippen LogP contribution is -2.48. The van der Waals surface area contributed by atoms with Gasteiger partial charge >= 0.3 is 0 Å². The van der Waals surface area contributed by atoms with E-state index < -0.39 is 0 Å². The van der Waals surface area contributed by atoms with Gasteiger partial charge in [-0.05, 0) is 38.8 Å². The molecule has 3 nitrogen and oxygen atoms in total. The molecule has 1 aliphatic heterocycles. The second-order valence-electron chi connectivity index (χ2n) is 4.48. The van der Waals surface area contributed by atoms with Gasteiger partial charge in [0.05, 0.1) is 6.61 Å². The lowest BCUT2D eigenvalue weighted by Gasteiger charge is -2.40. The predicted molar refractivity (Wildman–Crippen MR) is 64.0 cm³/mol. The predicted octanol–water partition coefficient (Wildman–Crippen LogP) is 1.61. The minimum absolute atomic E-state index is 0.590. The van der Waals surface area contributed by atoms with Crippen molar-refractivity contribution >= 4 is 0 Å². The molecule has 0 saturated carbocycles. The summed E-state index contributed by atoms with van der Waals surface area (Å²) in [4.78, 5) is 2.62. The molecule has 2 N–H and O–H groups in total. The Labute approximate surface area is 94.0 Å². The lowest BCUT2D eigenvalue weighted by atomic mass is 9.96. The second-order valence-corrected chi connectivity index (χ2v) is 4.48. The summed E-state index contributed by atoms with van der Waals surface area (Å²) in [6.07, 6.45) is 6.33. The summed E-state index contributed by atoms with van der Waals surface area (Å²) in [5.41, 5.74) is 5.68. The van der Waals surface area contributed by atoms with Crippen molar-refractivity contribution in [2.24, 2.45) is 5.73 Å². The minimum atomic E-state index is 0.590. The zero-order valence-corrected chi connectivity index (χ0v) is 10.2. The van der Waals surface area contributed by atoms with Gasteiger partial charge < -0.3 is 10.5 Å². The summed E-state index contributed by atoms with van der Waals surface area (Å²) in [7, 11) is 1.80. The molecule has 0 aromatic heterocycles. The SMILES string of the molecule is CCC(COC)N1CCCCC1CCN. The molecule has 1 aliphatic rings. The fourth-order valence-electron chi connectivity index (χ4n) is 2.65. The fraction of sp³-hybridized carbons (Fsp3) is 1.00. The zero-order valence-electron chi connectivity index (χ0n) is 10.2. The van der Waals surface area contributed by atoms with Gasteiger partial charge in [0, 0.05) is 19.2 Å².